The normalized spacial score (nSPS) is 26.2. The largest absolute Gasteiger partial charge is 0.497 e. The van der Waals surface area contributed by atoms with Crippen LogP contribution in [0.2, 0.25) is 0 Å². The van der Waals surface area contributed by atoms with E-state index >= 15 is 0 Å². The first-order chi connectivity index (χ1) is 15.3. The number of rotatable bonds is 6. The van der Waals surface area contributed by atoms with Gasteiger partial charge < -0.3 is 20.7 Å². The molecule has 32 heavy (non-hydrogen) atoms. The van der Waals surface area contributed by atoms with Crippen LogP contribution in [0.15, 0.2) is 43.1 Å². The number of nitrogens with two attached hydrogens (primary N) is 1. The Kier molecular flexibility index (Phi) is 7.87. The van der Waals surface area contributed by atoms with Crippen molar-refractivity contribution >= 4 is 16.9 Å². The van der Waals surface area contributed by atoms with Gasteiger partial charge in [-0.2, -0.15) is 0 Å². The molecular weight excluding hydrogens is 406 g/mol. The highest BCUT2D eigenvalue weighted by Gasteiger charge is 2.42. The van der Waals surface area contributed by atoms with Gasteiger partial charge in [0.05, 0.1) is 18.7 Å². The summed E-state index contributed by atoms with van der Waals surface area (Å²) in [6.07, 6.45) is 5.62. The third-order valence-electron chi connectivity index (χ3n) is 6.82. The van der Waals surface area contributed by atoms with Gasteiger partial charge in [-0.05, 0) is 67.0 Å². The maximum atomic E-state index is 11.2. The number of pyridine rings is 1. The zero-order chi connectivity index (χ0) is 23.4. The lowest BCUT2D eigenvalue weighted by molar-refractivity contribution is -0.139. The number of benzene rings is 1. The minimum absolute atomic E-state index is 0.0208. The first-order valence-corrected chi connectivity index (χ1v) is 11.2. The Hall–Kier alpha value is -2.48. The number of methoxy groups -OCH3 is 1. The van der Waals surface area contributed by atoms with Gasteiger partial charge in [0.15, 0.2) is 0 Å². The molecule has 1 aromatic heterocycles. The molecule has 3 saturated heterocycles. The molecule has 0 saturated carbocycles. The molecule has 1 aromatic carbocycles. The molecule has 7 heteroatoms. The fourth-order valence-electron chi connectivity index (χ4n) is 4.73. The number of aliphatic carboxylic acids is 1. The van der Waals surface area contributed by atoms with Crippen molar-refractivity contribution in [3.8, 4) is 5.75 Å². The third kappa shape index (κ3) is 5.11. The van der Waals surface area contributed by atoms with Crippen LogP contribution in [0.1, 0.15) is 38.4 Å². The lowest BCUT2D eigenvalue weighted by Gasteiger charge is -2.50. The summed E-state index contributed by atoms with van der Waals surface area (Å²) in [6, 6.07) is 7.24. The average molecular weight is 442 g/mol. The average Bonchev–Trinajstić information content (AvgIpc) is 2.82. The number of aliphatic hydroxyl groups is 1. The number of aliphatic hydroxyl groups excluding tert-OH is 1. The Bertz CT molecular complexity index is 948. The Labute approximate surface area is 189 Å². The van der Waals surface area contributed by atoms with E-state index in [9.17, 15) is 9.90 Å². The Morgan fingerprint density at radius 1 is 1.38 bits per heavy atom. The van der Waals surface area contributed by atoms with Crippen molar-refractivity contribution in [1.82, 2.24) is 9.88 Å². The number of carboxylic acids is 1. The van der Waals surface area contributed by atoms with Crippen LogP contribution >= 0.6 is 0 Å². The van der Waals surface area contributed by atoms with Crippen molar-refractivity contribution in [1.29, 1.82) is 0 Å². The highest BCUT2D eigenvalue weighted by molar-refractivity contribution is 5.84. The minimum atomic E-state index is -0.931. The van der Waals surface area contributed by atoms with Gasteiger partial charge in [0.1, 0.15) is 11.8 Å². The summed E-state index contributed by atoms with van der Waals surface area (Å²) in [5.41, 5.74) is 7.01. The van der Waals surface area contributed by atoms with Crippen LogP contribution in [-0.4, -0.2) is 58.3 Å². The first-order valence-electron chi connectivity index (χ1n) is 11.2. The maximum absolute atomic E-state index is 11.2. The molecule has 0 aliphatic carbocycles. The summed E-state index contributed by atoms with van der Waals surface area (Å²) < 4.78 is 5.35. The molecule has 0 spiro atoms. The van der Waals surface area contributed by atoms with E-state index in [0.717, 1.165) is 41.7 Å². The van der Waals surface area contributed by atoms with Gasteiger partial charge in [-0.3, -0.25) is 14.7 Å². The maximum Gasteiger partial charge on any atom is 0.320 e. The molecule has 2 bridgehead atoms. The van der Waals surface area contributed by atoms with E-state index < -0.39 is 18.1 Å². The number of nitrogens with zero attached hydrogens (tertiary/aromatic N) is 2. The lowest BCUT2D eigenvalue weighted by Crippen LogP contribution is -2.54. The quantitative estimate of drug-likeness (QED) is 0.591. The number of ether oxygens (including phenoxy) is 1. The summed E-state index contributed by atoms with van der Waals surface area (Å²) in [4.78, 5) is 16.9. The van der Waals surface area contributed by atoms with Crippen LogP contribution in [0.4, 0.5) is 0 Å². The van der Waals surface area contributed by atoms with Gasteiger partial charge >= 0.3 is 5.97 Å². The number of hydrogen-bond donors (Lipinski definition) is 3. The van der Waals surface area contributed by atoms with E-state index in [1.54, 1.807) is 27.2 Å². The summed E-state index contributed by atoms with van der Waals surface area (Å²) in [5.74, 6) is 1.10. The van der Waals surface area contributed by atoms with Crippen LogP contribution < -0.4 is 10.5 Å². The predicted molar refractivity (Wildman–Crippen MR) is 125 cm³/mol. The molecule has 3 aliphatic rings. The highest BCUT2D eigenvalue weighted by atomic mass is 16.5. The topological polar surface area (TPSA) is 109 Å². The van der Waals surface area contributed by atoms with Crippen molar-refractivity contribution in [3.63, 3.8) is 0 Å². The summed E-state index contributed by atoms with van der Waals surface area (Å²) in [7, 11) is 1.66. The monoisotopic (exact) mass is 441 g/mol. The number of carbonyl (C=O) groups is 1. The smallest absolute Gasteiger partial charge is 0.320 e. The lowest BCUT2D eigenvalue weighted by atomic mass is 9.73. The van der Waals surface area contributed by atoms with E-state index in [1.165, 1.54) is 6.42 Å². The highest BCUT2D eigenvalue weighted by Crippen LogP contribution is 2.42. The molecule has 5 rings (SSSR count). The second kappa shape index (κ2) is 10.4. The molecule has 2 unspecified atom stereocenters. The predicted octanol–water partition coefficient (Wildman–Crippen LogP) is 3.23. The van der Waals surface area contributed by atoms with Crippen molar-refractivity contribution in [3.05, 3.63) is 48.7 Å². The van der Waals surface area contributed by atoms with E-state index in [4.69, 9.17) is 15.6 Å². The summed E-state index contributed by atoms with van der Waals surface area (Å²) in [6.45, 7) is 9.62. The molecule has 2 aromatic rings. The molecule has 4 heterocycles. The van der Waals surface area contributed by atoms with Gasteiger partial charge in [0.2, 0.25) is 0 Å². The van der Waals surface area contributed by atoms with E-state index in [-0.39, 0.29) is 12.0 Å². The van der Waals surface area contributed by atoms with Crippen molar-refractivity contribution in [2.75, 3.05) is 20.2 Å². The fraction of sp³-hybridized carbons (Fsp3) is 0.520. The van der Waals surface area contributed by atoms with Gasteiger partial charge in [0.25, 0.3) is 0 Å². The molecule has 7 nitrogen and oxygen atoms in total. The zero-order valence-electron chi connectivity index (χ0n) is 19.1. The first kappa shape index (κ1) is 24.2. The molecule has 174 valence electrons. The number of piperidine rings is 3. The molecule has 4 N–H and O–H groups in total. The van der Waals surface area contributed by atoms with E-state index in [0.29, 0.717) is 11.8 Å². The third-order valence-corrected chi connectivity index (χ3v) is 6.82. The molecule has 6 atom stereocenters. The minimum Gasteiger partial charge on any atom is -0.497 e. The fourth-order valence-corrected chi connectivity index (χ4v) is 4.73. The van der Waals surface area contributed by atoms with E-state index in [2.05, 4.69) is 22.5 Å². The Balaban J connectivity index is 0.000000312. The van der Waals surface area contributed by atoms with Gasteiger partial charge in [-0.15, -0.1) is 6.58 Å². The van der Waals surface area contributed by atoms with Crippen LogP contribution in [0.3, 0.4) is 0 Å². The van der Waals surface area contributed by atoms with Crippen molar-refractivity contribution in [2.24, 2.45) is 23.5 Å². The Morgan fingerprint density at radius 2 is 2.12 bits per heavy atom. The van der Waals surface area contributed by atoms with Gasteiger partial charge in [-0.1, -0.05) is 19.9 Å². The SMILES string of the molecule is C=C[C@H]1CN2CCC1C[C@@H]2[C@@H](O)c1ccnc2ccc(OC)cc12.CC(C)[C@H](N)C(=O)O. The van der Waals surface area contributed by atoms with Gasteiger partial charge in [0, 0.05) is 24.2 Å². The van der Waals surface area contributed by atoms with Crippen LogP contribution in [0, 0.1) is 17.8 Å². The zero-order valence-corrected chi connectivity index (χ0v) is 19.1. The molecule has 3 fully saturated rings. The molecule has 3 aliphatic heterocycles. The van der Waals surface area contributed by atoms with Gasteiger partial charge in [-0.25, -0.2) is 0 Å². The number of hydrogen-bond acceptors (Lipinski definition) is 6. The number of fused-ring (bicyclic) bond motifs is 4. The molecule has 0 radical (unpaired) electrons. The van der Waals surface area contributed by atoms with Crippen LogP contribution in [0.25, 0.3) is 10.9 Å². The summed E-state index contributed by atoms with van der Waals surface area (Å²) >= 11 is 0. The van der Waals surface area contributed by atoms with Crippen molar-refractivity contribution < 1.29 is 19.7 Å². The summed E-state index contributed by atoms with van der Waals surface area (Å²) in [5, 5.41) is 20.4. The number of carboxylic acid groups (broad SMARTS) is 1. The standard InChI is InChI=1S/C20H24N2O2.C5H11NO2/c1-3-13-12-22-9-7-14(13)10-19(22)20(23)16-6-8-21-18-5-4-15(24-2)11-17(16)18;1-3(2)4(6)5(7)8/h3-6,8,11,13-14,19-20,23H,1,7,9-10,12H2,2H3;3-4H,6H2,1-2H3,(H,7,8)/t13-,14?,19+,20-;4-/m00/s1. The Morgan fingerprint density at radius 3 is 2.66 bits per heavy atom. The second-order valence-electron chi connectivity index (χ2n) is 9.08. The molecular formula is C25H35N3O4. The second-order valence-corrected chi connectivity index (χ2v) is 9.08. The van der Waals surface area contributed by atoms with Crippen molar-refractivity contribution in [2.45, 2.75) is 44.9 Å². The number of aromatic nitrogens is 1. The van der Waals surface area contributed by atoms with E-state index in [1.807, 2.05) is 24.3 Å². The van der Waals surface area contributed by atoms with Crippen LogP contribution in [-0.2, 0) is 4.79 Å². The molecule has 0 amide bonds. The van der Waals surface area contributed by atoms with Crippen LogP contribution in [0.5, 0.6) is 5.75 Å².